The maximum atomic E-state index is 16.6. The summed E-state index contributed by atoms with van der Waals surface area (Å²) in [6.45, 7) is 7.27. The Morgan fingerprint density at radius 1 is 1.01 bits per heavy atom. The first-order chi connectivity index (χ1) is 33.2. The summed E-state index contributed by atoms with van der Waals surface area (Å²) in [6, 6.07) is 17.2. The van der Waals surface area contributed by atoms with Crippen molar-refractivity contribution in [1.29, 1.82) is 0 Å². The highest BCUT2D eigenvalue weighted by Gasteiger charge is 2.50. The zero-order chi connectivity index (χ0) is 48.2. The van der Waals surface area contributed by atoms with E-state index in [2.05, 4.69) is 92.0 Å². The van der Waals surface area contributed by atoms with E-state index in [9.17, 15) is 23.3 Å². The first-order valence-electron chi connectivity index (χ1n) is 24.3. The second-order valence-corrected chi connectivity index (χ2v) is 22.0. The van der Waals surface area contributed by atoms with Gasteiger partial charge in [0.15, 0.2) is 0 Å². The number of ether oxygens (including phenoxy) is 1. The van der Waals surface area contributed by atoms with E-state index in [0.717, 1.165) is 75.4 Å². The maximum Gasteiger partial charge on any atom is 0.296 e. The molecule has 1 spiro atoms. The third-order valence-electron chi connectivity index (χ3n) is 15.6. The molecule has 3 aromatic heterocycles. The largest absolute Gasteiger partial charge is 0.455 e. The minimum atomic E-state index is -4.85. The molecule has 5 heterocycles. The number of nitrogens with one attached hydrogen (secondary N) is 4. The molecule has 6 aromatic rings. The Hall–Kier alpha value is -6.11. The fourth-order valence-corrected chi connectivity index (χ4v) is 12.9. The molecule has 4 N–H and O–H groups in total. The molecular weight excluding hydrogens is 900 g/mol. The molecule has 2 aliphatic carbocycles. The molecule has 0 radical (unpaired) electrons. The van der Waals surface area contributed by atoms with Crippen LogP contribution in [0.15, 0.2) is 78.2 Å². The van der Waals surface area contributed by atoms with Crippen LogP contribution in [0.5, 0.6) is 11.5 Å². The average molecular weight is 961 g/mol. The summed E-state index contributed by atoms with van der Waals surface area (Å²) in [6.07, 6.45) is 14.6. The van der Waals surface area contributed by atoms with Crippen molar-refractivity contribution in [1.82, 2.24) is 34.5 Å². The lowest BCUT2D eigenvalue weighted by Gasteiger charge is -2.56. The van der Waals surface area contributed by atoms with Crippen molar-refractivity contribution >= 4 is 55.1 Å². The number of pyridine rings is 1. The van der Waals surface area contributed by atoms with E-state index < -0.39 is 42.8 Å². The number of carbonyl (C=O) groups excluding carboxylic acids is 1. The van der Waals surface area contributed by atoms with Crippen molar-refractivity contribution in [2.75, 3.05) is 50.5 Å². The number of fused-ring (bicyclic) bond motifs is 2. The second-order valence-electron chi connectivity index (χ2n) is 20.3. The van der Waals surface area contributed by atoms with Crippen LogP contribution in [-0.4, -0.2) is 101 Å². The Morgan fingerprint density at radius 3 is 2.52 bits per heavy atom. The number of rotatable bonds is 14. The van der Waals surface area contributed by atoms with Crippen molar-refractivity contribution in [2.45, 2.75) is 107 Å². The minimum absolute atomic E-state index is 0.0865. The van der Waals surface area contributed by atoms with Gasteiger partial charge in [-0.3, -0.25) is 19.8 Å². The molecule has 4 aliphatic rings. The van der Waals surface area contributed by atoms with Gasteiger partial charge in [0.05, 0.1) is 34.2 Å². The number of anilines is 2. The van der Waals surface area contributed by atoms with E-state index in [1.807, 2.05) is 4.90 Å². The number of sulfonamides is 1. The lowest BCUT2D eigenvalue weighted by Crippen LogP contribution is -2.55. The SMILES string of the molecule is CC(C)c1ccccc1C1CCCN1C1CC2(CCN(c3cc(Oc4cnc5[nH]ccc5c4)c(C(=O)NS(=O)(=O)c4cc([N+](=O)[O-])c(NCC5CCC(N(C)C)CC5)c5[nH]cnc45)cc3F)CC2)C1. The van der Waals surface area contributed by atoms with Gasteiger partial charge >= 0.3 is 0 Å². The molecule has 18 heteroatoms. The number of piperidine rings is 1. The topological polar surface area (TPSA) is 195 Å². The number of aromatic nitrogens is 4. The first-order valence-corrected chi connectivity index (χ1v) is 25.8. The number of imidazole rings is 1. The molecule has 16 nitrogen and oxygen atoms in total. The molecule has 4 fully saturated rings. The molecule has 2 aliphatic heterocycles. The zero-order valence-corrected chi connectivity index (χ0v) is 40.4. The summed E-state index contributed by atoms with van der Waals surface area (Å²) in [7, 11) is -0.728. The van der Waals surface area contributed by atoms with Gasteiger partial charge in [0.2, 0.25) is 0 Å². The van der Waals surface area contributed by atoms with Gasteiger partial charge in [-0.1, -0.05) is 38.1 Å². The van der Waals surface area contributed by atoms with E-state index in [1.54, 1.807) is 18.3 Å². The Labute approximate surface area is 401 Å². The molecule has 3 aromatic carbocycles. The van der Waals surface area contributed by atoms with Crippen molar-refractivity contribution in [3.8, 4) is 11.5 Å². The summed E-state index contributed by atoms with van der Waals surface area (Å²) in [5, 5.41) is 16.5. The van der Waals surface area contributed by atoms with Gasteiger partial charge in [0.1, 0.15) is 39.1 Å². The molecule has 10 rings (SSSR count). The first kappa shape index (κ1) is 46.6. The van der Waals surface area contributed by atoms with E-state index in [-0.39, 0.29) is 45.2 Å². The highest BCUT2D eigenvalue weighted by molar-refractivity contribution is 7.90. The Kier molecular flexibility index (Phi) is 12.6. The lowest BCUT2D eigenvalue weighted by atomic mass is 9.59. The van der Waals surface area contributed by atoms with Crippen LogP contribution >= 0.6 is 0 Å². The Bertz CT molecular complexity index is 3000. The lowest BCUT2D eigenvalue weighted by molar-refractivity contribution is -0.384. The fourth-order valence-electron chi connectivity index (χ4n) is 11.8. The third-order valence-corrected chi connectivity index (χ3v) is 17.0. The standard InChI is InChI=1S/C51H61FN10O6S/c1-31(2)37-8-5-6-9-38(37)41-10-7-19-61(41)35-26-51(27-35)16-20-60(21-17-51)42-24-44(68-36-22-33-15-18-53-49(33)55-29-36)39(23-40(42)52)50(63)58-69(66,67)45-25-43(62(64)65)46(48-47(45)56-30-57-48)54-28-32-11-13-34(14-12-32)59(3)4/h5-6,8-9,15,18,22-25,29-32,34-35,41,54H,7,10-14,16-17,19-21,26-28H2,1-4H3,(H,53,55)(H,56,57)(H,58,63). The average Bonchev–Trinajstić information content (AvgIpc) is 4.12. The number of nitrogens with zero attached hydrogens (tertiary/aromatic N) is 6. The normalized spacial score (nSPS) is 21.1. The van der Waals surface area contributed by atoms with Gasteiger partial charge in [-0.2, -0.15) is 0 Å². The van der Waals surface area contributed by atoms with E-state index in [0.29, 0.717) is 49.3 Å². The van der Waals surface area contributed by atoms with Crippen LogP contribution in [0.4, 0.5) is 21.5 Å². The smallest absolute Gasteiger partial charge is 0.296 e. The molecular formula is C51H61FN10O6S. The zero-order valence-electron chi connectivity index (χ0n) is 39.6. The molecule has 1 amide bonds. The number of H-pyrrole nitrogens is 2. The Balaban J connectivity index is 0.881. The van der Waals surface area contributed by atoms with Crippen LogP contribution < -0.4 is 19.7 Å². The number of nitro benzene ring substituents is 1. The number of nitro groups is 1. The molecule has 2 saturated carbocycles. The highest BCUT2D eigenvalue weighted by atomic mass is 32.2. The monoisotopic (exact) mass is 960 g/mol. The highest BCUT2D eigenvalue weighted by Crippen LogP contribution is 2.54. The predicted molar refractivity (Wildman–Crippen MR) is 264 cm³/mol. The van der Waals surface area contributed by atoms with Gasteiger partial charge in [0.25, 0.3) is 21.6 Å². The predicted octanol–water partition coefficient (Wildman–Crippen LogP) is 9.64. The molecule has 1 atom stereocenters. The van der Waals surface area contributed by atoms with E-state index in [1.165, 1.54) is 42.6 Å². The van der Waals surface area contributed by atoms with Crippen molar-refractivity contribution in [2.24, 2.45) is 11.3 Å². The van der Waals surface area contributed by atoms with Gasteiger partial charge in [0, 0.05) is 61.5 Å². The number of hydrogen-bond acceptors (Lipinski definition) is 12. The summed E-state index contributed by atoms with van der Waals surface area (Å²) >= 11 is 0. The maximum absolute atomic E-state index is 16.6. The van der Waals surface area contributed by atoms with Gasteiger partial charge < -0.3 is 29.8 Å². The van der Waals surface area contributed by atoms with Crippen molar-refractivity contribution < 1.29 is 27.3 Å². The molecule has 1 unspecified atom stereocenters. The second kappa shape index (κ2) is 18.7. The summed E-state index contributed by atoms with van der Waals surface area (Å²) < 4.78 is 53.4. The number of carbonyl (C=O) groups is 1. The summed E-state index contributed by atoms with van der Waals surface area (Å²) in [5.41, 5.74) is 3.13. The van der Waals surface area contributed by atoms with E-state index >= 15 is 4.39 Å². The quantitative estimate of drug-likeness (QED) is 0.0597. The molecule has 2 saturated heterocycles. The van der Waals surface area contributed by atoms with Crippen LogP contribution in [-0.2, 0) is 10.0 Å². The Morgan fingerprint density at radius 2 is 1.78 bits per heavy atom. The minimum Gasteiger partial charge on any atom is -0.455 e. The third kappa shape index (κ3) is 9.13. The molecule has 0 bridgehead atoms. The van der Waals surface area contributed by atoms with Gasteiger partial charge in [-0.25, -0.2) is 27.5 Å². The van der Waals surface area contributed by atoms with E-state index in [4.69, 9.17) is 4.74 Å². The molecule has 364 valence electrons. The number of aromatic amines is 2. The van der Waals surface area contributed by atoms with Crippen LogP contribution in [0.25, 0.3) is 22.1 Å². The fraction of sp³-hybridized carbons (Fsp3) is 0.471. The van der Waals surface area contributed by atoms with Crippen LogP contribution in [0.1, 0.15) is 112 Å². The number of hydrogen-bond donors (Lipinski definition) is 4. The number of amides is 1. The van der Waals surface area contributed by atoms with Crippen LogP contribution in [0.2, 0.25) is 0 Å². The number of likely N-dealkylation sites (tertiary alicyclic amines) is 1. The van der Waals surface area contributed by atoms with Crippen molar-refractivity contribution in [3.05, 3.63) is 106 Å². The van der Waals surface area contributed by atoms with Gasteiger partial charge in [-0.05, 0) is 131 Å². The summed E-state index contributed by atoms with van der Waals surface area (Å²) in [5.74, 6) is -1.03. The molecule has 69 heavy (non-hydrogen) atoms. The van der Waals surface area contributed by atoms with Crippen LogP contribution in [0, 0.1) is 27.3 Å². The van der Waals surface area contributed by atoms with Crippen LogP contribution in [0.3, 0.4) is 0 Å². The van der Waals surface area contributed by atoms with Crippen molar-refractivity contribution in [3.63, 3.8) is 0 Å². The summed E-state index contributed by atoms with van der Waals surface area (Å²) in [4.78, 5) is 47.0. The van der Waals surface area contributed by atoms with Gasteiger partial charge in [-0.15, -0.1) is 0 Å². The number of halogens is 1. The number of benzene rings is 3.